The van der Waals surface area contributed by atoms with Crippen molar-refractivity contribution in [3.63, 3.8) is 0 Å². The van der Waals surface area contributed by atoms with Gasteiger partial charge in [-0.2, -0.15) is 4.98 Å². The highest BCUT2D eigenvalue weighted by molar-refractivity contribution is 5.71. The van der Waals surface area contributed by atoms with Crippen LogP contribution in [0.25, 0.3) is 23.0 Å². The minimum atomic E-state index is -0.323. The van der Waals surface area contributed by atoms with Crippen molar-refractivity contribution in [2.75, 3.05) is 18.0 Å². The summed E-state index contributed by atoms with van der Waals surface area (Å²) >= 11 is 0. The molecule has 0 aromatic carbocycles. The fraction of sp³-hybridized carbons (Fsp3) is 0.250. The zero-order valence-corrected chi connectivity index (χ0v) is 12.3. The van der Waals surface area contributed by atoms with Crippen LogP contribution in [-0.4, -0.2) is 44.4 Å². The van der Waals surface area contributed by atoms with E-state index in [1.165, 1.54) is 0 Å². The largest absolute Gasteiger partial charge is 0.391 e. The molecule has 1 aliphatic rings. The molecular weight excluding hydrogens is 294 g/mol. The Balaban J connectivity index is 1.70. The number of aliphatic hydroxyl groups is 1. The van der Waals surface area contributed by atoms with Gasteiger partial charge in [-0.15, -0.1) is 0 Å². The van der Waals surface area contributed by atoms with Gasteiger partial charge in [0.05, 0.1) is 11.7 Å². The van der Waals surface area contributed by atoms with Gasteiger partial charge in [0.2, 0.25) is 5.82 Å². The molecule has 116 valence electrons. The summed E-state index contributed by atoms with van der Waals surface area (Å²) in [4.78, 5) is 15.1. The average molecular weight is 309 g/mol. The van der Waals surface area contributed by atoms with E-state index >= 15 is 0 Å². The van der Waals surface area contributed by atoms with E-state index in [2.05, 4.69) is 20.1 Å². The van der Waals surface area contributed by atoms with Gasteiger partial charge in [0.1, 0.15) is 11.5 Å². The summed E-state index contributed by atoms with van der Waals surface area (Å²) in [6.07, 6.45) is 3.82. The summed E-state index contributed by atoms with van der Waals surface area (Å²) in [6, 6.07) is 9.26. The van der Waals surface area contributed by atoms with Crippen LogP contribution in [0, 0.1) is 0 Å². The maximum absolute atomic E-state index is 9.75. The van der Waals surface area contributed by atoms with Crippen LogP contribution in [0.5, 0.6) is 0 Å². The van der Waals surface area contributed by atoms with E-state index in [-0.39, 0.29) is 6.10 Å². The number of pyridine rings is 2. The zero-order valence-electron chi connectivity index (χ0n) is 12.3. The molecule has 4 heterocycles. The number of hydrogen-bond acceptors (Lipinski definition) is 7. The standard InChI is InChI=1S/C16H15N5O2/c22-11-6-9-21(10-11)15-12(4-3-8-18-15)16-19-14(20-23-16)13-5-1-2-7-17-13/h1-5,7-8,11,22H,6,9-10H2. The Labute approximate surface area is 132 Å². The van der Waals surface area contributed by atoms with E-state index < -0.39 is 0 Å². The molecule has 4 rings (SSSR count). The molecule has 1 aliphatic heterocycles. The summed E-state index contributed by atoms with van der Waals surface area (Å²) < 4.78 is 5.40. The molecule has 1 N–H and O–H groups in total. The van der Waals surface area contributed by atoms with Crippen LogP contribution in [0.2, 0.25) is 0 Å². The van der Waals surface area contributed by atoms with Gasteiger partial charge >= 0.3 is 0 Å². The van der Waals surface area contributed by atoms with Crippen LogP contribution in [0.3, 0.4) is 0 Å². The highest BCUT2D eigenvalue weighted by Gasteiger charge is 2.25. The summed E-state index contributed by atoms with van der Waals surface area (Å²) in [5.74, 6) is 1.59. The Hall–Kier alpha value is -2.80. The lowest BCUT2D eigenvalue weighted by molar-refractivity contribution is 0.198. The Bertz CT molecular complexity index is 805. The van der Waals surface area contributed by atoms with Gasteiger partial charge < -0.3 is 14.5 Å². The Morgan fingerprint density at radius 1 is 1.13 bits per heavy atom. The van der Waals surface area contributed by atoms with Gasteiger partial charge in [0, 0.05) is 25.5 Å². The molecule has 0 aliphatic carbocycles. The number of aliphatic hydroxyl groups excluding tert-OH is 1. The van der Waals surface area contributed by atoms with E-state index in [1.807, 2.05) is 35.2 Å². The van der Waals surface area contributed by atoms with Gasteiger partial charge in [-0.3, -0.25) is 4.98 Å². The molecule has 1 fully saturated rings. The van der Waals surface area contributed by atoms with Crippen molar-refractivity contribution in [3.8, 4) is 23.0 Å². The second-order valence-electron chi connectivity index (χ2n) is 5.40. The van der Waals surface area contributed by atoms with E-state index in [0.29, 0.717) is 24.0 Å². The Morgan fingerprint density at radius 3 is 2.83 bits per heavy atom. The summed E-state index contributed by atoms with van der Waals surface area (Å²) in [7, 11) is 0. The molecule has 0 spiro atoms. The third-order valence-corrected chi connectivity index (χ3v) is 3.80. The number of nitrogens with zero attached hydrogens (tertiary/aromatic N) is 5. The second-order valence-corrected chi connectivity index (χ2v) is 5.40. The van der Waals surface area contributed by atoms with Crippen LogP contribution in [0.4, 0.5) is 5.82 Å². The van der Waals surface area contributed by atoms with E-state index in [4.69, 9.17) is 4.52 Å². The number of anilines is 1. The number of β-amino-alcohol motifs (C(OH)–C–C–N with tert-alkyl or cyclic N) is 1. The molecule has 3 aromatic rings. The first kappa shape index (κ1) is 13.8. The molecule has 7 nitrogen and oxygen atoms in total. The van der Waals surface area contributed by atoms with Crippen molar-refractivity contribution in [2.24, 2.45) is 0 Å². The minimum Gasteiger partial charge on any atom is -0.391 e. The lowest BCUT2D eigenvalue weighted by Gasteiger charge is -2.18. The molecule has 23 heavy (non-hydrogen) atoms. The van der Waals surface area contributed by atoms with Crippen LogP contribution >= 0.6 is 0 Å². The molecule has 7 heteroatoms. The van der Waals surface area contributed by atoms with Gasteiger partial charge in [-0.25, -0.2) is 4.98 Å². The van der Waals surface area contributed by atoms with E-state index in [0.717, 1.165) is 24.3 Å². The number of rotatable bonds is 3. The highest BCUT2D eigenvalue weighted by Crippen LogP contribution is 2.30. The molecule has 0 saturated carbocycles. The zero-order chi connectivity index (χ0) is 15.6. The van der Waals surface area contributed by atoms with Crippen molar-refractivity contribution in [3.05, 3.63) is 42.7 Å². The SMILES string of the molecule is OC1CCN(c2ncccc2-c2nc(-c3ccccn3)no2)C1. The predicted molar refractivity (Wildman–Crippen MR) is 83.6 cm³/mol. The van der Waals surface area contributed by atoms with Crippen molar-refractivity contribution < 1.29 is 9.63 Å². The third kappa shape index (κ3) is 2.66. The van der Waals surface area contributed by atoms with Crippen molar-refractivity contribution in [2.45, 2.75) is 12.5 Å². The van der Waals surface area contributed by atoms with Crippen LogP contribution < -0.4 is 4.90 Å². The maximum Gasteiger partial charge on any atom is 0.262 e. The molecule has 3 aromatic heterocycles. The number of aromatic nitrogens is 4. The van der Waals surface area contributed by atoms with Crippen LogP contribution in [0.15, 0.2) is 47.2 Å². The fourth-order valence-corrected chi connectivity index (χ4v) is 2.68. The summed E-state index contributed by atoms with van der Waals surface area (Å²) in [5.41, 5.74) is 1.42. The molecule has 0 amide bonds. The Kier molecular flexibility index (Phi) is 3.47. The van der Waals surface area contributed by atoms with Gasteiger partial charge in [0.15, 0.2) is 0 Å². The smallest absolute Gasteiger partial charge is 0.262 e. The van der Waals surface area contributed by atoms with Crippen molar-refractivity contribution in [1.29, 1.82) is 0 Å². The topological polar surface area (TPSA) is 88.2 Å². The Morgan fingerprint density at radius 2 is 2.04 bits per heavy atom. The van der Waals surface area contributed by atoms with E-state index in [9.17, 15) is 5.11 Å². The lowest BCUT2D eigenvalue weighted by Crippen LogP contribution is -2.22. The molecule has 1 unspecified atom stereocenters. The van der Waals surface area contributed by atoms with Crippen molar-refractivity contribution in [1.82, 2.24) is 20.1 Å². The first-order valence-electron chi connectivity index (χ1n) is 7.45. The summed E-state index contributed by atoms with van der Waals surface area (Å²) in [6.45, 7) is 1.32. The molecule has 0 bridgehead atoms. The fourth-order valence-electron chi connectivity index (χ4n) is 2.68. The highest BCUT2D eigenvalue weighted by atomic mass is 16.5. The molecule has 0 radical (unpaired) electrons. The molecule has 1 saturated heterocycles. The first-order valence-corrected chi connectivity index (χ1v) is 7.45. The normalized spacial score (nSPS) is 17.6. The minimum absolute atomic E-state index is 0.323. The van der Waals surface area contributed by atoms with Crippen molar-refractivity contribution >= 4 is 5.82 Å². The van der Waals surface area contributed by atoms with E-state index in [1.54, 1.807) is 12.4 Å². The summed E-state index contributed by atoms with van der Waals surface area (Å²) in [5, 5.41) is 13.7. The maximum atomic E-state index is 9.75. The molecule has 1 atom stereocenters. The first-order chi connectivity index (χ1) is 11.3. The van der Waals surface area contributed by atoms with Crippen LogP contribution in [0.1, 0.15) is 6.42 Å². The predicted octanol–water partition coefficient (Wildman–Crippen LogP) is 1.76. The second kappa shape index (κ2) is 5.77. The van der Waals surface area contributed by atoms with Gasteiger partial charge in [0.25, 0.3) is 5.89 Å². The monoisotopic (exact) mass is 309 g/mol. The van der Waals surface area contributed by atoms with Gasteiger partial charge in [-0.05, 0) is 30.7 Å². The lowest BCUT2D eigenvalue weighted by atomic mass is 10.2. The number of hydrogen-bond donors (Lipinski definition) is 1. The van der Waals surface area contributed by atoms with Crippen LogP contribution in [-0.2, 0) is 0 Å². The van der Waals surface area contributed by atoms with Gasteiger partial charge in [-0.1, -0.05) is 11.2 Å². The average Bonchev–Trinajstić information content (AvgIpc) is 3.25. The quantitative estimate of drug-likeness (QED) is 0.788. The molecular formula is C16H15N5O2. The third-order valence-electron chi connectivity index (χ3n) is 3.80.